The second-order valence-electron chi connectivity index (χ2n) is 18.6. The molecule has 8 aromatic carbocycles. The van der Waals surface area contributed by atoms with E-state index in [2.05, 4.69) is 248 Å². The van der Waals surface area contributed by atoms with Crippen molar-refractivity contribution >= 4 is 74.3 Å². The van der Waals surface area contributed by atoms with E-state index in [9.17, 15) is 0 Å². The van der Waals surface area contributed by atoms with Gasteiger partial charge in [0.25, 0.3) is 6.71 Å². The summed E-state index contributed by atoms with van der Waals surface area (Å²) >= 11 is 0. The van der Waals surface area contributed by atoms with E-state index in [1.165, 1.54) is 33.1 Å². The molecule has 0 unspecified atom stereocenters. The molecule has 2 aliphatic rings. The predicted molar refractivity (Wildman–Crippen MR) is 286 cm³/mol. The Balaban J connectivity index is 1.20. The molecule has 0 atom stereocenters. The Morgan fingerprint density at radius 1 is 0.382 bits per heavy atom. The van der Waals surface area contributed by atoms with Crippen LogP contribution in [-0.4, -0.2) is 16.7 Å². The fraction of sp³-hybridized carbons (Fsp3) is 0.0645. The highest BCUT2D eigenvalue weighted by Crippen LogP contribution is 2.50. The summed E-state index contributed by atoms with van der Waals surface area (Å²) in [6, 6.07) is 81.2. The molecule has 4 heterocycles. The lowest BCUT2D eigenvalue weighted by molar-refractivity contribution is 0.590. The normalized spacial score (nSPS) is 12.5. The molecule has 2 aromatic heterocycles. The van der Waals surface area contributed by atoms with E-state index in [0.717, 1.165) is 73.7 Å². The van der Waals surface area contributed by atoms with E-state index in [4.69, 9.17) is 9.97 Å². The zero-order valence-corrected chi connectivity index (χ0v) is 38.3. The summed E-state index contributed by atoms with van der Waals surface area (Å²) in [5.74, 6) is 0. The Morgan fingerprint density at radius 2 is 0.853 bits per heavy atom. The molecule has 0 bridgehead atoms. The molecule has 0 saturated carbocycles. The van der Waals surface area contributed by atoms with Crippen LogP contribution in [0.5, 0.6) is 0 Å². The van der Waals surface area contributed by atoms with Crippen molar-refractivity contribution in [3.63, 3.8) is 0 Å². The molecule has 0 N–H and O–H groups in total. The molecule has 324 valence electrons. The first kappa shape index (κ1) is 41.0. The number of hydrogen-bond acceptors (Lipinski definition) is 5. The van der Waals surface area contributed by atoms with Crippen LogP contribution in [0.1, 0.15) is 26.3 Å². The number of rotatable bonds is 8. The maximum Gasteiger partial charge on any atom is 0.252 e. The molecule has 5 nitrogen and oxygen atoms in total. The van der Waals surface area contributed by atoms with Gasteiger partial charge in [-0.25, -0.2) is 0 Å². The van der Waals surface area contributed by atoms with Gasteiger partial charge in [0.2, 0.25) is 0 Å². The Hall–Kier alpha value is -8.48. The molecular formula is C62H48BN5. The van der Waals surface area contributed by atoms with Crippen molar-refractivity contribution in [3.05, 3.63) is 242 Å². The van der Waals surface area contributed by atoms with Gasteiger partial charge in [0, 0.05) is 63.3 Å². The quantitative estimate of drug-likeness (QED) is 0.142. The highest BCUT2D eigenvalue weighted by molar-refractivity contribution is 7.00. The standard InChI is InChI=1S/C62H48BN5/c1-62(2,3)45-40-59-61-60(41-45)68(56-32-16-14-28-50(56)54-30-18-20-38-65-54)58-42-48(66(46-23-9-5-10-24-46)47-25-11-6-12-26-47)34-36-52(58)63(61)51-35-33-44(43-21-7-4-8-22-43)39-57(51)67(59)55-31-15-13-27-49(55)53-29-17-19-37-64-53/h4-42H,1-3H3. The van der Waals surface area contributed by atoms with Gasteiger partial charge in [0.05, 0.1) is 22.8 Å². The smallest absolute Gasteiger partial charge is 0.252 e. The number of hydrogen-bond donors (Lipinski definition) is 0. The number of benzene rings is 8. The van der Waals surface area contributed by atoms with Gasteiger partial charge in [-0.1, -0.05) is 154 Å². The lowest BCUT2D eigenvalue weighted by atomic mass is 9.33. The molecular weight excluding hydrogens is 826 g/mol. The lowest BCUT2D eigenvalue weighted by Gasteiger charge is -2.46. The molecule has 68 heavy (non-hydrogen) atoms. The molecule has 0 aliphatic carbocycles. The number of anilines is 9. The number of fused-ring (bicyclic) bond motifs is 4. The van der Waals surface area contributed by atoms with Crippen molar-refractivity contribution in [2.75, 3.05) is 14.7 Å². The molecule has 0 amide bonds. The van der Waals surface area contributed by atoms with Crippen LogP contribution in [0.25, 0.3) is 33.6 Å². The minimum Gasteiger partial charge on any atom is -0.311 e. The number of nitrogens with zero attached hydrogens (tertiary/aromatic N) is 5. The van der Waals surface area contributed by atoms with Crippen molar-refractivity contribution in [2.45, 2.75) is 26.2 Å². The Bertz CT molecular complexity index is 3410. The summed E-state index contributed by atoms with van der Waals surface area (Å²) in [7, 11) is 0. The van der Waals surface area contributed by atoms with Crippen LogP contribution in [0.3, 0.4) is 0 Å². The molecule has 10 aromatic rings. The molecule has 6 heteroatoms. The van der Waals surface area contributed by atoms with Crippen LogP contribution in [0.15, 0.2) is 237 Å². The molecule has 0 fully saturated rings. The summed E-state index contributed by atoms with van der Waals surface area (Å²) in [6.07, 6.45) is 3.78. The first-order valence-corrected chi connectivity index (χ1v) is 23.4. The second-order valence-corrected chi connectivity index (χ2v) is 18.6. The highest BCUT2D eigenvalue weighted by atomic mass is 15.2. The monoisotopic (exact) mass is 873 g/mol. The van der Waals surface area contributed by atoms with Crippen LogP contribution in [0, 0.1) is 0 Å². The maximum absolute atomic E-state index is 4.96. The topological polar surface area (TPSA) is 35.5 Å². The molecule has 2 aliphatic heterocycles. The van der Waals surface area contributed by atoms with E-state index in [1.54, 1.807) is 0 Å². The van der Waals surface area contributed by atoms with Crippen molar-refractivity contribution in [2.24, 2.45) is 0 Å². The summed E-state index contributed by atoms with van der Waals surface area (Å²) in [5, 5.41) is 0. The van der Waals surface area contributed by atoms with Crippen LogP contribution < -0.4 is 31.1 Å². The van der Waals surface area contributed by atoms with Gasteiger partial charge in [-0.05, 0) is 129 Å². The van der Waals surface area contributed by atoms with Gasteiger partial charge >= 0.3 is 0 Å². The Morgan fingerprint density at radius 3 is 1.37 bits per heavy atom. The van der Waals surface area contributed by atoms with E-state index < -0.39 is 0 Å². The largest absolute Gasteiger partial charge is 0.311 e. The third-order valence-electron chi connectivity index (χ3n) is 13.5. The molecule has 0 radical (unpaired) electrons. The van der Waals surface area contributed by atoms with Gasteiger partial charge in [-0.2, -0.15) is 0 Å². The van der Waals surface area contributed by atoms with Crippen molar-refractivity contribution in [1.29, 1.82) is 0 Å². The molecule has 0 saturated heterocycles. The third kappa shape index (κ3) is 7.04. The second kappa shape index (κ2) is 16.8. The minimum atomic E-state index is -0.203. The average Bonchev–Trinajstić information content (AvgIpc) is 3.39. The van der Waals surface area contributed by atoms with Crippen LogP contribution in [-0.2, 0) is 5.41 Å². The third-order valence-corrected chi connectivity index (χ3v) is 13.5. The van der Waals surface area contributed by atoms with Crippen molar-refractivity contribution in [3.8, 4) is 33.6 Å². The zero-order valence-electron chi connectivity index (χ0n) is 38.3. The SMILES string of the molecule is CC(C)(C)c1cc2c3c(c1)N(c1ccccc1-c1ccccn1)c1cc(N(c4ccccc4)c4ccccc4)ccc1B3c1ccc(-c3ccccc3)cc1N2c1ccccc1-c1ccccn1. The summed E-state index contributed by atoms with van der Waals surface area (Å²) in [4.78, 5) is 17.3. The summed E-state index contributed by atoms with van der Waals surface area (Å²) in [6.45, 7) is 6.88. The first-order valence-electron chi connectivity index (χ1n) is 23.4. The summed E-state index contributed by atoms with van der Waals surface area (Å²) in [5.41, 5.74) is 21.0. The Labute approximate surface area is 399 Å². The van der Waals surface area contributed by atoms with Crippen LogP contribution in [0.2, 0.25) is 0 Å². The Kier molecular flexibility index (Phi) is 10.1. The molecule has 12 rings (SSSR count). The van der Waals surface area contributed by atoms with Gasteiger partial charge in [0.1, 0.15) is 0 Å². The minimum absolute atomic E-state index is 0.101. The van der Waals surface area contributed by atoms with Gasteiger partial charge < -0.3 is 14.7 Å². The predicted octanol–water partition coefficient (Wildman–Crippen LogP) is 14.3. The van der Waals surface area contributed by atoms with Crippen molar-refractivity contribution < 1.29 is 0 Å². The lowest BCUT2D eigenvalue weighted by Crippen LogP contribution is -2.61. The zero-order chi connectivity index (χ0) is 45.8. The number of para-hydroxylation sites is 4. The fourth-order valence-corrected chi connectivity index (χ4v) is 10.3. The van der Waals surface area contributed by atoms with Gasteiger partial charge in [-0.3, -0.25) is 9.97 Å². The average molecular weight is 874 g/mol. The van der Waals surface area contributed by atoms with E-state index in [-0.39, 0.29) is 12.1 Å². The van der Waals surface area contributed by atoms with Crippen molar-refractivity contribution in [1.82, 2.24) is 9.97 Å². The molecule has 0 spiro atoms. The first-order chi connectivity index (χ1) is 33.4. The maximum atomic E-state index is 4.96. The van der Waals surface area contributed by atoms with E-state index in [1.807, 2.05) is 24.5 Å². The number of pyridine rings is 2. The van der Waals surface area contributed by atoms with E-state index in [0.29, 0.717) is 0 Å². The van der Waals surface area contributed by atoms with Gasteiger partial charge in [-0.15, -0.1) is 0 Å². The van der Waals surface area contributed by atoms with Gasteiger partial charge in [0.15, 0.2) is 0 Å². The number of aromatic nitrogens is 2. The van der Waals surface area contributed by atoms with Crippen LogP contribution in [0.4, 0.5) is 51.2 Å². The van der Waals surface area contributed by atoms with E-state index >= 15 is 0 Å². The highest BCUT2D eigenvalue weighted by Gasteiger charge is 2.45. The van der Waals surface area contributed by atoms with Crippen LogP contribution >= 0.6 is 0 Å². The summed E-state index contributed by atoms with van der Waals surface area (Å²) < 4.78 is 0. The fourth-order valence-electron chi connectivity index (χ4n) is 10.3.